The topological polar surface area (TPSA) is 95.0 Å². The van der Waals surface area contributed by atoms with Crippen LogP contribution in [0, 0.1) is 5.82 Å². The van der Waals surface area contributed by atoms with Gasteiger partial charge in [-0.25, -0.2) is 14.0 Å². The van der Waals surface area contributed by atoms with Crippen molar-refractivity contribution in [1.82, 2.24) is 0 Å². The molecule has 0 aliphatic rings. The summed E-state index contributed by atoms with van der Waals surface area (Å²) in [6, 6.07) is 8.91. The van der Waals surface area contributed by atoms with Gasteiger partial charge >= 0.3 is 12.1 Å². The van der Waals surface area contributed by atoms with Crippen molar-refractivity contribution in [2.45, 2.75) is 20.8 Å². The Morgan fingerprint density at radius 1 is 1.10 bits per heavy atom. The average molecular weight is 414 g/mol. The Labute approximate surface area is 173 Å². The van der Waals surface area contributed by atoms with Gasteiger partial charge in [0, 0.05) is 30.1 Å². The molecule has 0 saturated heterocycles. The van der Waals surface area contributed by atoms with E-state index < -0.39 is 17.9 Å². The van der Waals surface area contributed by atoms with Gasteiger partial charge in [-0.2, -0.15) is 0 Å². The van der Waals surface area contributed by atoms with Crippen LogP contribution >= 0.6 is 0 Å². The molecule has 3 aromatic rings. The second-order valence-electron chi connectivity index (χ2n) is 6.44. The van der Waals surface area contributed by atoms with E-state index in [-0.39, 0.29) is 11.3 Å². The maximum atomic E-state index is 13.4. The molecular formula is C22H23FN2O5. The Kier molecular flexibility index (Phi) is 6.25. The lowest BCUT2D eigenvalue weighted by Crippen LogP contribution is -2.22. The van der Waals surface area contributed by atoms with Gasteiger partial charge in [0.2, 0.25) is 0 Å². The van der Waals surface area contributed by atoms with Crippen molar-refractivity contribution in [2.24, 2.45) is 5.73 Å². The highest BCUT2D eigenvalue weighted by Crippen LogP contribution is 2.40. The molecule has 30 heavy (non-hydrogen) atoms. The van der Waals surface area contributed by atoms with E-state index in [0.29, 0.717) is 28.9 Å². The zero-order valence-corrected chi connectivity index (χ0v) is 17.0. The van der Waals surface area contributed by atoms with Crippen molar-refractivity contribution >= 4 is 28.7 Å². The second-order valence-corrected chi connectivity index (χ2v) is 6.44. The number of fused-ring (bicyclic) bond motifs is 1. The third-order valence-electron chi connectivity index (χ3n) is 4.68. The molecule has 0 unspecified atom stereocenters. The predicted molar refractivity (Wildman–Crippen MR) is 111 cm³/mol. The van der Waals surface area contributed by atoms with Gasteiger partial charge in [0.05, 0.1) is 12.3 Å². The van der Waals surface area contributed by atoms with E-state index in [2.05, 4.69) is 9.64 Å². The molecule has 0 aliphatic heterocycles. The van der Waals surface area contributed by atoms with Crippen molar-refractivity contribution in [3.63, 3.8) is 0 Å². The summed E-state index contributed by atoms with van der Waals surface area (Å²) in [6.45, 7) is 7.80. The van der Waals surface area contributed by atoms with Gasteiger partial charge in [-0.05, 0) is 51.1 Å². The van der Waals surface area contributed by atoms with Gasteiger partial charge in [-0.15, -0.1) is 0 Å². The molecule has 1 aromatic heterocycles. The zero-order chi connectivity index (χ0) is 21.8. The Morgan fingerprint density at radius 3 is 2.33 bits per heavy atom. The van der Waals surface area contributed by atoms with Crippen molar-refractivity contribution in [1.29, 1.82) is 0 Å². The molecule has 0 bridgehead atoms. The summed E-state index contributed by atoms with van der Waals surface area (Å²) in [5.74, 6) is -0.680. The van der Waals surface area contributed by atoms with E-state index in [4.69, 9.17) is 14.9 Å². The molecule has 2 aromatic carbocycles. The highest BCUT2D eigenvalue weighted by molar-refractivity contribution is 6.12. The number of esters is 1. The molecule has 0 saturated carbocycles. The van der Waals surface area contributed by atoms with E-state index in [0.717, 1.165) is 18.8 Å². The average Bonchev–Trinajstić information content (AvgIpc) is 3.07. The number of carbonyl (C=O) groups is 2. The Morgan fingerprint density at radius 2 is 1.77 bits per heavy atom. The fourth-order valence-electron chi connectivity index (χ4n) is 3.34. The Bertz CT molecular complexity index is 1070. The highest BCUT2D eigenvalue weighted by Gasteiger charge is 2.27. The van der Waals surface area contributed by atoms with Crippen LogP contribution in [0.4, 0.5) is 14.9 Å². The van der Waals surface area contributed by atoms with Crippen molar-refractivity contribution in [2.75, 3.05) is 24.6 Å². The normalized spacial score (nSPS) is 10.8. The summed E-state index contributed by atoms with van der Waals surface area (Å²) in [7, 11) is 0. The van der Waals surface area contributed by atoms with Crippen LogP contribution in [0.25, 0.3) is 22.3 Å². The number of amides is 1. The van der Waals surface area contributed by atoms with E-state index in [1.165, 1.54) is 24.3 Å². The van der Waals surface area contributed by atoms with E-state index in [1.54, 1.807) is 12.1 Å². The predicted octanol–water partition coefficient (Wildman–Crippen LogP) is 4.72. The van der Waals surface area contributed by atoms with E-state index in [9.17, 15) is 14.0 Å². The lowest BCUT2D eigenvalue weighted by molar-refractivity contribution is 0.0640. The van der Waals surface area contributed by atoms with Crippen LogP contribution in [0.5, 0.6) is 5.75 Å². The molecule has 0 radical (unpaired) electrons. The number of nitrogens with zero attached hydrogens (tertiary/aromatic N) is 1. The monoisotopic (exact) mass is 414 g/mol. The number of anilines is 1. The summed E-state index contributed by atoms with van der Waals surface area (Å²) < 4.78 is 29.8. The van der Waals surface area contributed by atoms with Crippen LogP contribution < -0.4 is 15.4 Å². The van der Waals surface area contributed by atoms with Crippen LogP contribution in [-0.2, 0) is 4.74 Å². The Hall–Kier alpha value is -3.55. The summed E-state index contributed by atoms with van der Waals surface area (Å²) in [5.41, 5.74) is 6.71. The minimum atomic E-state index is -1.23. The number of ether oxygens (including phenoxy) is 2. The smallest absolute Gasteiger partial charge is 0.412 e. The number of benzene rings is 2. The third-order valence-corrected chi connectivity index (χ3v) is 4.68. The number of primary amides is 1. The lowest BCUT2D eigenvalue weighted by Gasteiger charge is -2.23. The molecule has 0 aliphatic carbocycles. The number of carbonyl (C=O) groups excluding carboxylic acids is 2. The highest BCUT2D eigenvalue weighted by atomic mass is 19.1. The van der Waals surface area contributed by atoms with Crippen LogP contribution in [0.1, 0.15) is 31.1 Å². The van der Waals surface area contributed by atoms with Gasteiger partial charge in [0.15, 0.2) is 0 Å². The number of rotatable bonds is 7. The van der Waals surface area contributed by atoms with Crippen molar-refractivity contribution in [3.8, 4) is 17.1 Å². The maximum Gasteiger partial charge on any atom is 0.412 e. The van der Waals surface area contributed by atoms with Gasteiger partial charge < -0.3 is 24.5 Å². The summed E-state index contributed by atoms with van der Waals surface area (Å²) in [4.78, 5) is 26.0. The fraction of sp³-hybridized carbons (Fsp3) is 0.273. The van der Waals surface area contributed by atoms with E-state index in [1.807, 2.05) is 20.8 Å². The third kappa shape index (κ3) is 4.07. The second kappa shape index (κ2) is 8.86. The molecule has 0 spiro atoms. The largest absolute Gasteiger partial charge is 0.492 e. The summed E-state index contributed by atoms with van der Waals surface area (Å²) in [5, 5.41) is 0.403. The minimum Gasteiger partial charge on any atom is -0.492 e. The molecule has 2 N–H and O–H groups in total. The first-order valence-corrected chi connectivity index (χ1v) is 9.65. The van der Waals surface area contributed by atoms with Crippen molar-refractivity contribution < 1.29 is 27.9 Å². The molecule has 8 heteroatoms. The van der Waals surface area contributed by atoms with Crippen LogP contribution in [-0.4, -0.2) is 31.8 Å². The van der Waals surface area contributed by atoms with Crippen LogP contribution in [0.2, 0.25) is 0 Å². The van der Waals surface area contributed by atoms with E-state index >= 15 is 0 Å². The molecule has 0 fully saturated rings. The number of halogens is 1. The summed E-state index contributed by atoms with van der Waals surface area (Å²) in [6.07, 6.45) is -1.23. The zero-order valence-electron chi connectivity index (χ0n) is 17.0. The van der Waals surface area contributed by atoms with Gasteiger partial charge in [-0.1, -0.05) is 0 Å². The SMILES string of the molecule is CCOc1cc2c(C(=O)OC(N)=O)c(-c3ccc(F)cc3)oc2cc1N(CC)CC. The number of hydrogen-bond donors (Lipinski definition) is 1. The lowest BCUT2D eigenvalue weighted by atomic mass is 10.0. The first-order chi connectivity index (χ1) is 14.4. The van der Waals surface area contributed by atoms with Crippen LogP contribution in [0.3, 0.4) is 0 Å². The van der Waals surface area contributed by atoms with Gasteiger partial charge in [-0.3, -0.25) is 0 Å². The molecular weight excluding hydrogens is 391 g/mol. The number of nitrogens with two attached hydrogens (primary N) is 1. The molecule has 1 amide bonds. The Balaban J connectivity index is 2.30. The maximum absolute atomic E-state index is 13.4. The standard InChI is InChI=1S/C22H23FN2O5/c1-4-25(5-2)16-12-17-15(11-18(16)28-6-3)19(21(26)30-22(24)27)20(29-17)13-7-9-14(23)10-8-13/h7-12H,4-6H2,1-3H3,(H2,24,27). The van der Waals surface area contributed by atoms with Gasteiger partial charge in [0.1, 0.15) is 28.5 Å². The molecule has 0 atom stereocenters. The molecule has 7 nitrogen and oxygen atoms in total. The molecule has 1 heterocycles. The molecule has 3 rings (SSSR count). The molecule has 158 valence electrons. The minimum absolute atomic E-state index is 0.0162. The first-order valence-electron chi connectivity index (χ1n) is 9.65. The van der Waals surface area contributed by atoms with Crippen molar-refractivity contribution in [3.05, 3.63) is 47.8 Å². The summed E-state index contributed by atoms with van der Waals surface area (Å²) >= 11 is 0. The fourth-order valence-corrected chi connectivity index (χ4v) is 3.34. The quantitative estimate of drug-likeness (QED) is 0.444. The van der Waals surface area contributed by atoms with Crippen LogP contribution in [0.15, 0.2) is 40.8 Å². The number of furan rings is 1. The van der Waals surface area contributed by atoms with Gasteiger partial charge in [0.25, 0.3) is 0 Å². The first kappa shape index (κ1) is 21.2. The number of hydrogen-bond acceptors (Lipinski definition) is 6.